The fraction of sp³-hybridized carbons (Fsp3) is 0.148. The number of carbonyl (C=O) groups excluding carboxylic acids is 1. The Labute approximate surface area is 207 Å². The number of methoxy groups -OCH3 is 1. The van der Waals surface area contributed by atoms with Gasteiger partial charge in [0.2, 0.25) is 5.78 Å². The second-order valence-corrected chi connectivity index (χ2v) is 8.95. The van der Waals surface area contributed by atoms with Crippen molar-refractivity contribution in [2.45, 2.75) is 13.5 Å². The Morgan fingerprint density at radius 1 is 1.09 bits per heavy atom. The molecular weight excluding hydrogens is 473 g/mol. The Balaban J connectivity index is 1.44. The summed E-state index contributed by atoms with van der Waals surface area (Å²) in [5.41, 5.74) is 3.98. The van der Waals surface area contributed by atoms with Crippen LogP contribution in [0.3, 0.4) is 0 Å². The zero-order valence-electron chi connectivity index (χ0n) is 18.8. The van der Waals surface area contributed by atoms with Gasteiger partial charge in [-0.25, -0.2) is 0 Å². The van der Waals surface area contributed by atoms with E-state index in [1.54, 1.807) is 37.5 Å². The predicted molar refractivity (Wildman–Crippen MR) is 134 cm³/mol. The fourth-order valence-electron chi connectivity index (χ4n) is 4.10. The Hall–Kier alpha value is -3.41. The minimum Gasteiger partial charge on any atom is -0.497 e. The summed E-state index contributed by atoms with van der Waals surface area (Å²) < 4.78 is 19.4. The molecule has 1 aliphatic rings. The third-order valence-electron chi connectivity index (χ3n) is 5.95. The summed E-state index contributed by atoms with van der Waals surface area (Å²) in [6, 6.07) is 14.6. The lowest BCUT2D eigenvalue weighted by molar-refractivity contribution is 0.101. The van der Waals surface area contributed by atoms with Gasteiger partial charge in [0.05, 0.1) is 12.7 Å². The van der Waals surface area contributed by atoms with Crippen LogP contribution in [0.2, 0.25) is 10.0 Å². The standard InChI is InChI=1S/C27H21Cl2NO4/c1-15-24(33-14-16-4-5-18(28)11-22(16)29)9-7-20-26(31)25(34-27(15)20)10-17-13-30(2)23-8-6-19(32-3)12-21(17)23/h4-13H,14H2,1-3H3/b25-10+. The van der Waals surface area contributed by atoms with E-state index in [2.05, 4.69) is 0 Å². The van der Waals surface area contributed by atoms with E-state index in [0.717, 1.165) is 33.3 Å². The Morgan fingerprint density at radius 3 is 2.68 bits per heavy atom. The second-order valence-electron chi connectivity index (χ2n) is 8.11. The largest absolute Gasteiger partial charge is 0.497 e. The van der Waals surface area contributed by atoms with Crippen molar-refractivity contribution in [2.24, 2.45) is 7.05 Å². The number of carbonyl (C=O) groups is 1. The van der Waals surface area contributed by atoms with Crippen molar-refractivity contribution in [3.63, 3.8) is 0 Å². The summed E-state index contributed by atoms with van der Waals surface area (Å²) in [6.45, 7) is 2.14. The number of rotatable bonds is 5. The SMILES string of the molecule is COc1ccc2c(c1)c(/C=C1/Oc3c(ccc(OCc4ccc(Cl)cc4Cl)c3C)C1=O)cn2C. The quantitative estimate of drug-likeness (QED) is 0.281. The number of ketones is 1. The molecule has 0 amide bonds. The molecule has 5 nitrogen and oxygen atoms in total. The molecule has 0 unspecified atom stereocenters. The molecule has 0 N–H and O–H groups in total. The minimum atomic E-state index is -0.162. The first-order chi connectivity index (χ1) is 16.4. The number of allylic oxidation sites excluding steroid dienone is 1. The zero-order valence-corrected chi connectivity index (χ0v) is 20.3. The van der Waals surface area contributed by atoms with E-state index >= 15 is 0 Å². The van der Waals surface area contributed by atoms with Crippen LogP contribution in [0.25, 0.3) is 17.0 Å². The number of ether oxygens (including phenoxy) is 3. The number of halogens is 2. The van der Waals surface area contributed by atoms with Gasteiger partial charge >= 0.3 is 0 Å². The number of aryl methyl sites for hydroxylation is 1. The third-order valence-corrected chi connectivity index (χ3v) is 6.54. The van der Waals surface area contributed by atoms with E-state index in [1.165, 1.54) is 0 Å². The summed E-state index contributed by atoms with van der Waals surface area (Å²) in [4.78, 5) is 13.1. The number of Topliss-reactive ketones (excluding diaryl/α,β-unsaturated/α-hetero) is 1. The Morgan fingerprint density at radius 2 is 1.91 bits per heavy atom. The minimum absolute atomic E-state index is 0.162. The van der Waals surface area contributed by atoms with Crippen molar-refractivity contribution in [1.82, 2.24) is 4.57 Å². The van der Waals surface area contributed by atoms with E-state index in [1.807, 2.05) is 49.0 Å². The maximum Gasteiger partial charge on any atom is 0.231 e. The molecule has 1 aromatic heterocycles. The van der Waals surface area contributed by atoms with Crippen LogP contribution >= 0.6 is 23.2 Å². The van der Waals surface area contributed by atoms with Crippen LogP contribution in [0, 0.1) is 6.92 Å². The van der Waals surface area contributed by atoms with Gasteiger partial charge in [0, 0.05) is 50.9 Å². The van der Waals surface area contributed by atoms with Crippen molar-refractivity contribution in [2.75, 3.05) is 7.11 Å². The third kappa shape index (κ3) is 3.91. The summed E-state index contributed by atoms with van der Waals surface area (Å²) in [5.74, 6) is 1.98. The summed E-state index contributed by atoms with van der Waals surface area (Å²) in [7, 11) is 3.59. The van der Waals surface area contributed by atoms with Crippen LogP contribution in [-0.4, -0.2) is 17.5 Å². The topological polar surface area (TPSA) is 49.7 Å². The van der Waals surface area contributed by atoms with E-state index in [4.69, 9.17) is 37.4 Å². The number of hydrogen-bond acceptors (Lipinski definition) is 4. The first kappa shape index (κ1) is 22.4. The monoisotopic (exact) mass is 493 g/mol. The number of nitrogens with zero attached hydrogens (tertiary/aromatic N) is 1. The highest BCUT2D eigenvalue weighted by atomic mass is 35.5. The molecule has 0 aliphatic carbocycles. The van der Waals surface area contributed by atoms with Crippen LogP contribution in [-0.2, 0) is 13.7 Å². The van der Waals surface area contributed by atoms with Crippen LogP contribution in [0.4, 0.5) is 0 Å². The van der Waals surface area contributed by atoms with E-state index in [9.17, 15) is 4.79 Å². The number of aromatic nitrogens is 1. The average molecular weight is 494 g/mol. The zero-order chi connectivity index (χ0) is 24.0. The van der Waals surface area contributed by atoms with E-state index < -0.39 is 0 Å². The predicted octanol–water partition coefficient (Wildman–Crippen LogP) is 7.00. The van der Waals surface area contributed by atoms with Gasteiger partial charge in [0.15, 0.2) is 5.76 Å². The lowest BCUT2D eigenvalue weighted by Gasteiger charge is -2.12. The first-order valence-corrected chi connectivity index (χ1v) is 11.4. The molecule has 0 fully saturated rings. The summed E-state index contributed by atoms with van der Waals surface area (Å²) in [5, 5.41) is 2.08. The number of hydrogen-bond donors (Lipinski definition) is 0. The molecule has 4 aromatic rings. The van der Waals surface area contributed by atoms with Crippen molar-refractivity contribution in [3.05, 3.63) is 92.8 Å². The molecule has 34 heavy (non-hydrogen) atoms. The molecule has 0 saturated carbocycles. The molecule has 172 valence electrons. The van der Waals surface area contributed by atoms with Gasteiger partial charge in [-0.3, -0.25) is 4.79 Å². The number of fused-ring (bicyclic) bond motifs is 2. The molecule has 5 rings (SSSR count). The summed E-state index contributed by atoms with van der Waals surface area (Å²) in [6.07, 6.45) is 3.74. The van der Waals surface area contributed by atoms with Crippen LogP contribution in [0.15, 0.2) is 60.5 Å². The van der Waals surface area contributed by atoms with Crippen molar-refractivity contribution in [3.8, 4) is 17.2 Å². The molecule has 1 aliphatic heterocycles. The summed E-state index contributed by atoms with van der Waals surface area (Å²) >= 11 is 12.2. The molecule has 0 spiro atoms. The molecule has 3 aromatic carbocycles. The van der Waals surface area contributed by atoms with Gasteiger partial charge in [-0.2, -0.15) is 0 Å². The Bertz CT molecular complexity index is 1490. The van der Waals surface area contributed by atoms with E-state index in [0.29, 0.717) is 27.1 Å². The first-order valence-electron chi connectivity index (χ1n) is 10.6. The van der Waals surface area contributed by atoms with Gasteiger partial charge in [0.1, 0.15) is 23.9 Å². The maximum absolute atomic E-state index is 13.1. The number of benzene rings is 3. The average Bonchev–Trinajstić information content (AvgIpc) is 3.31. The molecule has 7 heteroatoms. The van der Waals surface area contributed by atoms with Gasteiger partial charge in [-0.15, -0.1) is 0 Å². The Kier molecular flexibility index (Phi) is 5.76. The van der Waals surface area contributed by atoms with Crippen LogP contribution < -0.4 is 14.2 Å². The highest BCUT2D eigenvalue weighted by Gasteiger charge is 2.30. The smallest absolute Gasteiger partial charge is 0.231 e. The molecule has 2 heterocycles. The lowest BCUT2D eigenvalue weighted by Crippen LogP contribution is -1.99. The van der Waals surface area contributed by atoms with Crippen molar-refractivity contribution < 1.29 is 19.0 Å². The van der Waals surface area contributed by atoms with Crippen LogP contribution in [0.5, 0.6) is 17.2 Å². The highest BCUT2D eigenvalue weighted by Crippen LogP contribution is 2.40. The second kappa shape index (κ2) is 8.75. The van der Waals surface area contributed by atoms with Crippen molar-refractivity contribution in [1.29, 1.82) is 0 Å². The molecule has 0 radical (unpaired) electrons. The normalized spacial score (nSPS) is 13.9. The maximum atomic E-state index is 13.1. The molecular formula is C27H21Cl2NO4. The van der Waals surface area contributed by atoms with E-state index in [-0.39, 0.29) is 18.1 Å². The molecule has 0 atom stereocenters. The highest BCUT2D eigenvalue weighted by molar-refractivity contribution is 6.35. The van der Waals surface area contributed by atoms with Gasteiger partial charge in [0.25, 0.3) is 0 Å². The fourth-order valence-corrected chi connectivity index (χ4v) is 4.57. The molecule has 0 saturated heterocycles. The lowest BCUT2D eigenvalue weighted by atomic mass is 10.1. The van der Waals surface area contributed by atoms with Gasteiger partial charge in [-0.05, 0) is 55.5 Å². The van der Waals surface area contributed by atoms with Gasteiger partial charge < -0.3 is 18.8 Å². The van der Waals surface area contributed by atoms with Gasteiger partial charge in [-0.1, -0.05) is 29.3 Å². The van der Waals surface area contributed by atoms with Crippen LogP contribution in [0.1, 0.15) is 27.0 Å². The van der Waals surface area contributed by atoms with Crippen molar-refractivity contribution >= 4 is 46.0 Å². The molecule has 0 bridgehead atoms.